The Morgan fingerprint density at radius 1 is 1.14 bits per heavy atom. The number of para-hydroxylation sites is 1. The molecule has 0 aliphatic carbocycles. The number of hydrogen-bond acceptors (Lipinski definition) is 4. The van der Waals surface area contributed by atoms with Crippen molar-refractivity contribution in [1.82, 2.24) is 14.5 Å². The van der Waals surface area contributed by atoms with Crippen molar-refractivity contribution in [2.45, 2.75) is 19.5 Å². The fraction of sp³-hybridized carbons (Fsp3) is 0.211. The Hall–Kier alpha value is -3.36. The summed E-state index contributed by atoms with van der Waals surface area (Å²) < 4.78 is 41.6. The fourth-order valence-electron chi connectivity index (χ4n) is 2.64. The predicted octanol–water partition coefficient (Wildman–Crippen LogP) is 2.95. The zero-order valence-electron chi connectivity index (χ0n) is 14.8. The monoisotopic (exact) mass is 391 g/mol. The molecule has 1 heterocycles. The Morgan fingerprint density at radius 2 is 1.82 bits per heavy atom. The van der Waals surface area contributed by atoms with Crippen molar-refractivity contribution in [3.8, 4) is 5.75 Å². The molecule has 1 aromatic heterocycles. The van der Waals surface area contributed by atoms with Crippen LogP contribution in [0.4, 0.5) is 13.2 Å². The average Bonchev–Trinajstić information content (AvgIpc) is 2.64. The predicted molar refractivity (Wildman–Crippen MR) is 95.6 cm³/mol. The van der Waals surface area contributed by atoms with Gasteiger partial charge in [-0.1, -0.05) is 24.3 Å². The van der Waals surface area contributed by atoms with E-state index in [1.807, 2.05) is 0 Å². The minimum atomic E-state index is -4.75. The van der Waals surface area contributed by atoms with Gasteiger partial charge in [0, 0.05) is 13.6 Å². The summed E-state index contributed by atoms with van der Waals surface area (Å²) in [5.74, 6) is -0.672. The van der Waals surface area contributed by atoms with Gasteiger partial charge in [0.1, 0.15) is 12.3 Å². The number of amides is 1. The van der Waals surface area contributed by atoms with Gasteiger partial charge in [0.15, 0.2) is 0 Å². The van der Waals surface area contributed by atoms with Crippen molar-refractivity contribution < 1.29 is 22.7 Å². The van der Waals surface area contributed by atoms with Crippen molar-refractivity contribution in [3.05, 3.63) is 70.8 Å². The van der Waals surface area contributed by atoms with Crippen LogP contribution >= 0.6 is 0 Å². The van der Waals surface area contributed by atoms with Crippen molar-refractivity contribution >= 4 is 16.8 Å². The summed E-state index contributed by atoms with van der Waals surface area (Å²) in [5, 5.41) is 0.417. The molecular weight excluding hydrogens is 375 g/mol. The lowest BCUT2D eigenvalue weighted by Gasteiger charge is -2.18. The number of carbonyl (C=O) groups is 1. The number of hydrogen-bond donors (Lipinski definition) is 0. The Kier molecular flexibility index (Phi) is 5.34. The Morgan fingerprint density at radius 3 is 2.50 bits per heavy atom. The Bertz CT molecular complexity index is 1050. The van der Waals surface area contributed by atoms with Crippen LogP contribution in [0, 0.1) is 0 Å². The highest BCUT2D eigenvalue weighted by molar-refractivity contribution is 5.78. The molecule has 0 bridgehead atoms. The third-order valence-corrected chi connectivity index (χ3v) is 4.04. The Labute approximate surface area is 157 Å². The number of fused-ring (bicyclic) bond motifs is 1. The quantitative estimate of drug-likeness (QED) is 0.671. The molecule has 1 amide bonds. The average molecular weight is 391 g/mol. The van der Waals surface area contributed by atoms with Crippen molar-refractivity contribution in [1.29, 1.82) is 0 Å². The Balaban J connectivity index is 1.67. The van der Waals surface area contributed by atoms with E-state index in [1.165, 1.54) is 40.1 Å². The lowest BCUT2D eigenvalue weighted by Crippen LogP contribution is -2.33. The first-order valence-corrected chi connectivity index (χ1v) is 8.26. The third kappa shape index (κ3) is 4.67. The zero-order chi connectivity index (χ0) is 20.3. The molecule has 3 aromatic rings. The van der Waals surface area contributed by atoms with Gasteiger partial charge in [-0.05, 0) is 29.8 Å². The number of likely N-dealkylation sites (N-methyl/N-ethyl adjacent to an activating group) is 1. The smallest absolute Gasteiger partial charge is 0.406 e. The first-order chi connectivity index (χ1) is 13.2. The second kappa shape index (κ2) is 7.71. The van der Waals surface area contributed by atoms with Crippen LogP contribution in [0.5, 0.6) is 5.75 Å². The van der Waals surface area contributed by atoms with Gasteiger partial charge >= 0.3 is 6.36 Å². The summed E-state index contributed by atoms with van der Waals surface area (Å²) >= 11 is 0. The van der Waals surface area contributed by atoms with E-state index in [9.17, 15) is 22.8 Å². The number of rotatable bonds is 5. The molecule has 0 aliphatic heterocycles. The van der Waals surface area contributed by atoms with E-state index in [0.29, 0.717) is 16.5 Å². The minimum absolute atomic E-state index is 0.168. The van der Waals surface area contributed by atoms with Gasteiger partial charge in [-0.2, -0.15) is 0 Å². The van der Waals surface area contributed by atoms with Crippen molar-refractivity contribution in [2.75, 3.05) is 7.05 Å². The molecule has 0 N–H and O–H groups in total. The second-order valence-electron chi connectivity index (χ2n) is 6.14. The maximum Gasteiger partial charge on any atom is 0.573 e. The maximum absolute atomic E-state index is 12.4. The van der Waals surface area contributed by atoms with Crippen LogP contribution in [0.1, 0.15) is 5.56 Å². The number of alkyl halides is 3. The molecule has 0 unspecified atom stereocenters. The van der Waals surface area contributed by atoms with Crippen LogP contribution in [-0.4, -0.2) is 33.8 Å². The molecular formula is C19H16F3N3O3. The fourth-order valence-corrected chi connectivity index (χ4v) is 2.64. The van der Waals surface area contributed by atoms with E-state index >= 15 is 0 Å². The molecule has 9 heteroatoms. The van der Waals surface area contributed by atoms with Crippen LogP contribution in [0.15, 0.2) is 59.7 Å². The van der Waals surface area contributed by atoms with Crippen LogP contribution in [0.2, 0.25) is 0 Å². The third-order valence-electron chi connectivity index (χ3n) is 4.04. The van der Waals surface area contributed by atoms with E-state index in [-0.39, 0.29) is 30.3 Å². The summed E-state index contributed by atoms with van der Waals surface area (Å²) in [6.07, 6.45) is -3.44. The number of ether oxygens (including phenoxy) is 1. The molecule has 0 spiro atoms. The molecule has 146 valence electrons. The topological polar surface area (TPSA) is 64.4 Å². The molecule has 0 radical (unpaired) electrons. The first-order valence-electron chi connectivity index (χ1n) is 8.26. The largest absolute Gasteiger partial charge is 0.573 e. The molecule has 2 aromatic carbocycles. The van der Waals surface area contributed by atoms with E-state index < -0.39 is 6.36 Å². The number of nitrogens with zero attached hydrogens (tertiary/aromatic N) is 3. The standard InChI is InChI=1S/C19H16F3N3O3/c1-24(10-13-6-8-14(9-7-13)28-19(20,21)22)17(26)11-25-12-23-16-5-3-2-4-15(16)18(25)27/h2-9,12H,10-11H2,1H3. The molecule has 0 saturated heterocycles. The van der Waals surface area contributed by atoms with Crippen molar-refractivity contribution in [2.24, 2.45) is 0 Å². The molecule has 3 rings (SSSR count). The van der Waals surface area contributed by atoms with Crippen molar-refractivity contribution in [3.63, 3.8) is 0 Å². The van der Waals surface area contributed by atoms with E-state index in [1.54, 1.807) is 31.3 Å². The zero-order valence-corrected chi connectivity index (χ0v) is 14.8. The van der Waals surface area contributed by atoms with Gasteiger partial charge < -0.3 is 9.64 Å². The lowest BCUT2D eigenvalue weighted by molar-refractivity contribution is -0.274. The molecule has 0 aliphatic rings. The van der Waals surface area contributed by atoms with Gasteiger partial charge in [0.25, 0.3) is 5.56 Å². The highest BCUT2D eigenvalue weighted by Gasteiger charge is 2.30. The number of aromatic nitrogens is 2. The van der Waals surface area contributed by atoms with Crippen LogP contribution < -0.4 is 10.3 Å². The molecule has 0 atom stereocenters. The van der Waals surface area contributed by atoms with Gasteiger partial charge in [0.05, 0.1) is 17.2 Å². The van der Waals surface area contributed by atoms with Gasteiger partial charge in [-0.25, -0.2) is 4.98 Å². The molecule has 28 heavy (non-hydrogen) atoms. The normalized spacial score (nSPS) is 11.4. The van der Waals surface area contributed by atoms with Crippen LogP contribution in [-0.2, 0) is 17.9 Å². The van der Waals surface area contributed by atoms with Crippen LogP contribution in [0.3, 0.4) is 0 Å². The highest BCUT2D eigenvalue weighted by atomic mass is 19.4. The first kappa shape index (κ1) is 19.4. The lowest BCUT2D eigenvalue weighted by atomic mass is 10.2. The van der Waals surface area contributed by atoms with Gasteiger partial charge in [0.2, 0.25) is 5.91 Å². The maximum atomic E-state index is 12.4. The van der Waals surface area contributed by atoms with E-state index in [4.69, 9.17) is 0 Å². The summed E-state index contributed by atoms with van der Waals surface area (Å²) in [7, 11) is 1.54. The summed E-state index contributed by atoms with van der Waals surface area (Å²) in [6, 6.07) is 12.1. The summed E-state index contributed by atoms with van der Waals surface area (Å²) in [4.78, 5) is 30.4. The SMILES string of the molecule is CN(Cc1ccc(OC(F)(F)F)cc1)C(=O)Cn1cnc2ccccc2c1=O. The second-order valence-corrected chi connectivity index (χ2v) is 6.14. The van der Waals surface area contributed by atoms with Gasteiger partial charge in [-0.15, -0.1) is 13.2 Å². The van der Waals surface area contributed by atoms with Crippen LogP contribution in [0.25, 0.3) is 10.9 Å². The summed E-state index contributed by atoms with van der Waals surface area (Å²) in [5.41, 5.74) is 0.848. The minimum Gasteiger partial charge on any atom is -0.406 e. The molecule has 0 fully saturated rings. The highest BCUT2D eigenvalue weighted by Crippen LogP contribution is 2.23. The number of halogens is 3. The van der Waals surface area contributed by atoms with E-state index in [2.05, 4.69) is 9.72 Å². The van der Waals surface area contributed by atoms with E-state index in [0.717, 1.165) is 0 Å². The summed E-state index contributed by atoms with van der Waals surface area (Å²) in [6.45, 7) is -0.0245. The molecule has 0 saturated carbocycles. The molecule has 6 nitrogen and oxygen atoms in total. The van der Waals surface area contributed by atoms with Gasteiger partial charge in [-0.3, -0.25) is 14.2 Å². The number of carbonyl (C=O) groups excluding carboxylic acids is 1. The number of benzene rings is 2.